The van der Waals surface area contributed by atoms with Crippen LogP contribution in [0.2, 0.25) is 0 Å². The first kappa shape index (κ1) is 15.4. The third-order valence-corrected chi connectivity index (χ3v) is 4.48. The molecule has 0 nitrogen and oxygen atoms in total. The minimum atomic E-state index is 0.965. The van der Waals surface area contributed by atoms with Gasteiger partial charge in [-0.2, -0.15) is 0 Å². The highest BCUT2D eigenvalue weighted by Gasteiger charge is 2.03. The van der Waals surface area contributed by atoms with Crippen molar-refractivity contribution < 1.29 is 0 Å². The summed E-state index contributed by atoms with van der Waals surface area (Å²) in [5.41, 5.74) is 7.73. The molecule has 25 heavy (non-hydrogen) atoms. The highest BCUT2D eigenvalue weighted by atomic mass is 14.1. The molecule has 0 radical (unpaired) electrons. The summed E-state index contributed by atoms with van der Waals surface area (Å²) in [6.45, 7) is 0. The van der Waals surface area contributed by atoms with E-state index in [9.17, 15) is 0 Å². The maximum atomic E-state index is 2.30. The molecule has 0 unspecified atom stereocenters. The second-order valence-corrected chi connectivity index (χ2v) is 6.31. The molecule has 0 atom stereocenters. The van der Waals surface area contributed by atoms with Crippen LogP contribution < -0.4 is 0 Å². The zero-order valence-corrected chi connectivity index (χ0v) is 14.1. The van der Waals surface area contributed by atoms with Crippen molar-refractivity contribution in [3.8, 4) is 22.3 Å². The fraction of sp³-hybridized carbons (Fsp3) is 0.0400. The SMILES string of the molecule is c1ccc(Cc2cccc(-c3cccc(-c4ccccc4)c3)c2)cc1. The maximum absolute atomic E-state index is 2.30. The molecule has 4 rings (SSSR count). The Bertz CT molecular complexity index is 953. The summed E-state index contributed by atoms with van der Waals surface area (Å²) in [6, 6.07) is 38.8. The Morgan fingerprint density at radius 2 is 0.840 bits per heavy atom. The van der Waals surface area contributed by atoms with Gasteiger partial charge >= 0.3 is 0 Å². The van der Waals surface area contributed by atoms with E-state index in [1.165, 1.54) is 33.4 Å². The zero-order chi connectivity index (χ0) is 16.9. The van der Waals surface area contributed by atoms with Crippen molar-refractivity contribution in [3.63, 3.8) is 0 Å². The van der Waals surface area contributed by atoms with Crippen molar-refractivity contribution >= 4 is 0 Å². The van der Waals surface area contributed by atoms with Gasteiger partial charge in [0.05, 0.1) is 0 Å². The summed E-state index contributed by atoms with van der Waals surface area (Å²) in [6.07, 6.45) is 0.965. The Labute approximate surface area is 149 Å². The fourth-order valence-electron chi connectivity index (χ4n) is 3.20. The first-order valence-electron chi connectivity index (χ1n) is 8.67. The second-order valence-electron chi connectivity index (χ2n) is 6.31. The molecule has 0 saturated heterocycles. The molecule has 0 aliphatic rings. The predicted octanol–water partition coefficient (Wildman–Crippen LogP) is 6.61. The van der Waals surface area contributed by atoms with Crippen molar-refractivity contribution in [3.05, 3.63) is 120 Å². The molecular formula is C25H20. The van der Waals surface area contributed by atoms with Gasteiger partial charge in [-0.1, -0.05) is 103 Å². The number of benzene rings is 4. The van der Waals surface area contributed by atoms with E-state index >= 15 is 0 Å². The molecule has 0 bridgehead atoms. The predicted molar refractivity (Wildman–Crippen MR) is 107 cm³/mol. The number of hydrogen-bond donors (Lipinski definition) is 0. The maximum Gasteiger partial charge on any atom is -0.00256 e. The number of rotatable bonds is 4. The highest BCUT2D eigenvalue weighted by Crippen LogP contribution is 2.27. The smallest absolute Gasteiger partial charge is 0.00256 e. The lowest BCUT2D eigenvalue weighted by atomic mass is 9.96. The fourth-order valence-corrected chi connectivity index (χ4v) is 3.20. The molecule has 4 aromatic carbocycles. The van der Waals surface area contributed by atoms with E-state index < -0.39 is 0 Å². The molecule has 0 aromatic heterocycles. The average Bonchev–Trinajstić information content (AvgIpc) is 2.70. The Hall–Kier alpha value is -3.12. The first-order valence-corrected chi connectivity index (χ1v) is 8.67. The van der Waals surface area contributed by atoms with E-state index in [4.69, 9.17) is 0 Å². The summed E-state index contributed by atoms with van der Waals surface area (Å²) < 4.78 is 0. The zero-order valence-electron chi connectivity index (χ0n) is 14.1. The molecule has 0 amide bonds. The van der Waals surface area contributed by atoms with E-state index in [-0.39, 0.29) is 0 Å². The lowest BCUT2D eigenvalue weighted by Crippen LogP contribution is -1.89. The monoisotopic (exact) mass is 320 g/mol. The summed E-state index contributed by atoms with van der Waals surface area (Å²) in [7, 11) is 0. The Morgan fingerprint density at radius 3 is 1.56 bits per heavy atom. The summed E-state index contributed by atoms with van der Waals surface area (Å²) >= 11 is 0. The van der Waals surface area contributed by atoms with Gasteiger partial charge in [-0.3, -0.25) is 0 Å². The van der Waals surface area contributed by atoms with Gasteiger partial charge in [0.1, 0.15) is 0 Å². The molecule has 0 aliphatic carbocycles. The first-order chi connectivity index (χ1) is 12.4. The van der Waals surface area contributed by atoms with Gasteiger partial charge in [0, 0.05) is 0 Å². The topological polar surface area (TPSA) is 0 Å². The van der Waals surface area contributed by atoms with E-state index in [1.807, 2.05) is 0 Å². The van der Waals surface area contributed by atoms with Gasteiger partial charge in [0.2, 0.25) is 0 Å². The van der Waals surface area contributed by atoms with E-state index in [0.717, 1.165) is 6.42 Å². The van der Waals surface area contributed by atoms with Gasteiger partial charge in [-0.15, -0.1) is 0 Å². The van der Waals surface area contributed by atoms with Crippen LogP contribution in [-0.4, -0.2) is 0 Å². The van der Waals surface area contributed by atoms with Crippen LogP contribution in [0, 0.1) is 0 Å². The average molecular weight is 320 g/mol. The van der Waals surface area contributed by atoms with Gasteiger partial charge in [-0.25, -0.2) is 0 Å². The Morgan fingerprint density at radius 1 is 0.360 bits per heavy atom. The molecule has 0 heteroatoms. The molecular weight excluding hydrogens is 300 g/mol. The molecule has 0 aliphatic heterocycles. The summed E-state index contributed by atoms with van der Waals surface area (Å²) in [5.74, 6) is 0. The van der Waals surface area contributed by atoms with Gasteiger partial charge in [-0.05, 0) is 45.9 Å². The highest BCUT2D eigenvalue weighted by molar-refractivity contribution is 5.73. The third kappa shape index (κ3) is 3.70. The lowest BCUT2D eigenvalue weighted by Gasteiger charge is -2.08. The Balaban J connectivity index is 1.65. The van der Waals surface area contributed by atoms with Crippen LogP contribution in [0.1, 0.15) is 11.1 Å². The van der Waals surface area contributed by atoms with Crippen LogP contribution in [0.25, 0.3) is 22.3 Å². The van der Waals surface area contributed by atoms with Crippen molar-refractivity contribution in [2.24, 2.45) is 0 Å². The van der Waals surface area contributed by atoms with Crippen LogP contribution in [-0.2, 0) is 6.42 Å². The molecule has 0 fully saturated rings. The van der Waals surface area contributed by atoms with Crippen LogP contribution in [0.15, 0.2) is 109 Å². The molecule has 0 heterocycles. The van der Waals surface area contributed by atoms with Gasteiger partial charge in [0.25, 0.3) is 0 Å². The van der Waals surface area contributed by atoms with Gasteiger partial charge in [0.15, 0.2) is 0 Å². The van der Waals surface area contributed by atoms with E-state index in [2.05, 4.69) is 109 Å². The van der Waals surface area contributed by atoms with Crippen molar-refractivity contribution in [2.75, 3.05) is 0 Å². The van der Waals surface area contributed by atoms with Crippen molar-refractivity contribution in [1.29, 1.82) is 0 Å². The third-order valence-electron chi connectivity index (χ3n) is 4.48. The molecule has 0 spiro atoms. The summed E-state index contributed by atoms with van der Waals surface area (Å²) in [5, 5.41) is 0. The number of hydrogen-bond acceptors (Lipinski definition) is 0. The summed E-state index contributed by atoms with van der Waals surface area (Å²) in [4.78, 5) is 0. The minimum absolute atomic E-state index is 0.965. The molecule has 120 valence electrons. The standard InChI is InChI=1S/C25H20/c1-3-9-20(10-4-1)17-21-11-7-14-23(18-21)25-16-8-15-24(19-25)22-12-5-2-6-13-22/h1-16,18-19H,17H2. The van der Waals surface area contributed by atoms with Crippen LogP contribution in [0.4, 0.5) is 0 Å². The van der Waals surface area contributed by atoms with Crippen LogP contribution >= 0.6 is 0 Å². The van der Waals surface area contributed by atoms with Crippen molar-refractivity contribution in [2.45, 2.75) is 6.42 Å². The molecule has 0 N–H and O–H groups in total. The second kappa shape index (κ2) is 7.19. The van der Waals surface area contributed by atoms with Gasteiger partial charge < -0.3 is 0 Å². The van der Waals surface area contributed by atoms with E-state index in [1.54, 1.807) is 0 Å². The minimum Gasteiger partial charge on any atom is -0.0622 e. The van der Waals surface area contributed by atoms with Crippen LogP contribution in [0.5, 0.6) is 0 Å². The van der Waals surface area contributed by atoms with E-state index in [0.29, 0.717) is 0 Å². The Kier molecular flexibility index (Phi) is 4.43. The molecule has 0 saturated carbocycles. The van der Waals surface area contributed by atoms with Crippen LogP contribution in [0.3, 0.4) is 0 Å². The quantitative estimate of drug-likeness (QED) is 0.397. The normalized spacial score (nSPS) is 10.6. The largest absolute Gasteiger partial charge is 0.0622 e. The lowest BCUT2D eigenvalue weighted by molar-refractivity contribution is 1.19. The van der Waals surface area contributed by atoms with Crippen molar-refractivity contribution in [1.82, 2.24) is 0 Å². The molecule has 4 aromatic rings.